The van der Waals surface area contributed by atoms with Crippen LogP contribution in [0, 0.1) is 0 Å². The molecule has 0 radical (unpaired) electrons. The first-order valence-corrected chi connectivity index (χ1v) is 7.12. The topological polar surface area (TPSA) is 40.5 Å². The van der Waals surface area contributed by atoms with E-state index in [4.69, 9.17) is 5.11 Å². The van der Waals surface area contributed by atoms with E-state index in [-0.39, 0.29) is 24.1 Å². The number of fused-ring (bicyclic) bond motifs is 1. The zero-order valence-corrected chi connectivity index (χ0v) is 12.0. The van der Waals surface area contributed by atoms with Gasteiger partial charge in [-0.15, -0.1) is 0 Å². The summed E-state index contributed by atoms with van der Waals surface area (Å²) in [5.41, 5.74) is 1.29. The van der Waals surface area contributed by atoms with Gasteiger partial charge in [0.1, 0.15) is 0 Å². The van der Waals surface area contributed by atoms with Crippen LogP contribution in [-0.4, -0.2) is 23.4 Å². The van der Waals surface area contributed by atoms with Crippen LogP contribution in [0.5, 0.6) is 0 Å². The van der Waals surface area contributed by atoms with E-state index >= 15 is 0 Å². The van der Waals surface area contributed by atoms with E-state index in [0.717, 1.165) is 5.56 Å². The molecule has 0 aliphatic carbocycles. The standard InChI is InChI=1S/C17H14F3NO2/c18-17(19,20)21-14(8-11-4-2-1-3-5-11)10-13-9-12(16(22)23)6-7-15(13)21/h1-7,9,14H,8,10H2,(H,22,23). The van der Waals surface area contributed by atoms with Gasteiger partial charge < -0.3 is 5.11 Å². The van der Waals surface area contributed by atoms with Crippen molar-refractivity contribution in [2.45, 2.75) is 25.2 Å². The van der Waals surface area contributed by atoms with Crippen molar-refractivity contribution in [2.75, 3.05) is 4.90 Å². The highest BCUT2D eigenvalue weighted by atomic mass is 19.4. The number of benzene rings is 2. The van der Waals surface area contributed by atoms with Gasteiger partial charge in [-0.3, -0.25) is 4.90 Å². The fourth-order valence-corrected chi connectivity index (χ4v) is 3.05. The number of aromatic carboxylic acids is 1. The molecule has 3 rings (SSSR count). The van der Waals surface area contributed by atoms with Crippen LogP contribution in [0.25, 0.3) is 0 Å². The van der Waals surface area contributed by atoms with Crippen LogP contribution in [0.4, 0.5) is 18.9 Å². The Kier molecular flexibility index (Phi) is 3.75. The van der Waals surface area contributed by atoms with Gasteiger partial charge in [0.05, 0.1) is 5.56 Å². The van der Waals surface area contributed by atoms with Gasteiger partial charge in [-0.25, -0.2) is 4.79 Å². The van der Waals surface area contributed by atoms with Gasteiger partial charge >= 0.3 is 12.3 Å². The average molecular weight is 321 g/mol. The predicted molar refractivity (Wildman–Crippen MR) is 79.6 cm³/mol. The summed E-state index contributed by atoms with van der Waals surface area (Å²) in [6.45, 7) is 0. The summed E-state index contributed by atoms with van der Waals surface area (Å²) in [5, 5.41) is 9.01. The maximum Gasteiger partial charge on any atom is 0.485 e. The summed E-state index contributed by atoms with van der Waals surface area (Å²) in [4.78, 5) is 11.5. The SMILES string of the molecule is O=C(O)c1ccc2c(c1)CC(Cc1ccccc1)N2C(F)(F)F. The van der Waals surface area contributed by atoms with Crippen molar-refractivity contribution < 1.29 is 23.1 Å². The number of rotatable bonds is 3. The number of carboxylic acids is 1. The predicted octanol–water partition coefficient (Wildman–Crippen LogP) is 3.88. The van der Waals surface area contributed by atoms with E-state index in [1.807, 2.05) is 6.07 Å². The van der Waals surface area contributed by atoms with E-state index in [1.165, 1.54) is 18.2 Å². The first kappa shape index (κ1) is 15.4. The van der Waals surface area contributed by atoms with Crippen molar-refractivity contribution in [3.63, 3.8) is 0 Å². The number of carboxylic acid groups (broad SMARTS) is 1. The molecule has 0 bridgehead atoms. The molecule has 23 heavy (non-hydrogen) atoms. The largest absolute Gasteiger partial charge is 0.485 e. The maximum absolute atomic E-state index is 13.5. The monoisotopic (exact) mass is 321 g/mol. The Morgan fingerprint density at radius 2 is 1.87 bits per heavy atom. The molecule has 3 nitrogen and oxygen atoms in total. The van der Waals surface area contributed by atoms with E-state index in [9.17, 15) is 18.0 Å². The van der Waals surface area contributed by atoms with Gasteiger partial charge in [-0.2, -0.15) is 13.2 Å². The number of carbonyl (C=O) groups is 1. The fourth-order valence-electron chi connectivity index (χ4n) is 3.05. The Balaban J connectivity index is 1.96. The molecule has 0 saturated heterocycles. The Bertz CT molecular complexity index is 728. The zero-order chi connectivity index (χ0) is 16.6. The fraction of sp³-hybridized carbons (Fsp3) is 0.235. The number of hydrogen-bond acceptors (Lipinski definition) is 2. The van der Waals surface area contributed by atoms with Gasteiger partial charge in [-0.05, 0) is 42.2 Å². The van der Waals surface area contributed by atoms with Crippen LogP contribution in [0.15, 0.2) is 48.5 Å². The molecule has 1 N–H and O–H groups in total. The first-order valence-electron chi connectivity index (χ1n) is 7.12. The number of anilines is 1. The average Bonchev–Trinajstić information content (AvgIpc) is 2.84. The van der Waals surface area contributed by atoms with Crippen LogP contribution in [0.3, 0.4) is 0 Å². The summed E-state index contributed by atoms with van der Waals surface area (Å²) >= 11 is 0. The third-order valence-electron chi connectivity index (χ3n) is 3.99. The molecule has 1 atom stereocenters. The molecular formula is C17H14F3NO2. The lowest BCUT2D eigenvalue weighted by molar-refractivity contribution is -0.133. The summed E-state index contributed by atoms with van der Waals surface area (Å²) in [6.07, 6.45) is -4.09. The highest BCUT2D eigenvalue weighted by Crippen LogP contribution is 2.41. The third-order valence-corrected chi connectivity index (χ3v) is 3.99. The van der Waals surface area contributed by atoms with Gasteiger partial charge in [0.15, 0.2) is 0 Å². The molecule has 1 aliphatic rings. The van der Waals surface area contributed by atoms with E-state index in [0.29, 0.717) is 10.5 Å². The second kappa shape index (κ2) is 5.61. The Morgan fingerprint density at radius 3 is 2.48 bits per heavy atom. The lowest BCUT2D eigenvalue weighted by atomic mass is 10.0. The van der Waals surface area contributed by atoms with Crippen LogP contribution < -0.4 is 4.90 Å². The highest BCUT2D eigenvalue weighted by Gasteiger charge is 2.46. The van der Waals surface area contributed by atoms with E-state index < -0.39 is 18.3 Å². The van der Waals surface area contributed by atoms with Gasteiger partial charge in [0.2, 0.25) is 0 Å². The number of hydrogen-bond donors (Lipinski definition) is 1. The quantitative estimate of drug-likeness (QED) is 0.872. The van der Waals surface area contributed by atoms with Crippen molar-refractivity contribution in [3.05, 3.63) is 65.2 Å². The second-order valence-electron chi connectivity index (χ2n) is 5.53. The number of halogens is 3. The Labute approximate surface area is 131 Å². The molecule has 2 aromatic rings. The number of alkyl halides is 3. The highest BCUT2D eigenvalue weighted by molar-refractivity contribution is 5.89. The molecule has 0 amide bonds. The molecule has 0 saturated carbocycles. The second-order valence-corrected chi connectivity index (χ2v) is 5.53. The zero-order valence-electron chi connectivity index (χ0n) is 12.0. The molecule has 1 unspecified atom stereocenters. The Morgan fingerprint density at radius 1 is 1.17 bits per heavy atom. The molecule has 0 spiro atoms. The van der Waals surface area contributed by atoms with Crippen molar-refractivity contribution >= 4 is 11.7 Å². The summed E-state index contributed by atoms with van der Waals surface area (Å²) in [7, 11) is 0. The first-order chi connectivity index (χ1) is 10.9. The third kappa shape index (κ3) is 3.02. The summed E-state index contributed by atoms with van der Waals surface area (Å²) in [5.74, 6) is -1.14. The minimum absolute atomic E-state index is 0.00577. The smallest absolute Gasteiger partial charge is 0.478 e. The lowest BCUT2D eigenvalue weighted by Gasteiger charge is -2.29. The molecule has 6 heteroatoms. The Hall–Kier alpha value is -2.50. The van der Waals surface area contributed by atoms with Crippen molar-refractivity contribution in [3.8, 4) is 0 Å². The minimum atomic E-state index is -4.50. The van der Waals surface area contributed by atoms with Crippen LogP contribution in [0.1, 0.15) is 21.5 Å². The molecule has 0 fully saturated rings. The molecule has 1 aliphatic heterocycles. The van der Waals surface area contributed by atoms with Crippen LogP contribution in [-0.2, 0) is 12.8 Å². The van der Waals surface area contributed by atoms with Crippen molar-refractivity contribution in [1.82, 2.24) is 0 Å². The molecule has 2 aromatic carbocycles. The van der Waals surface area contributed by atoms with Crippen molar-refractivity contribution in [2.24, 2.45) is 0 Å². The minimum Gasteiger partial charge on any atom is -0.478 e. The van der Waals surface area contributed by atoms with E-state index in [1.54, 1.807) is 24.3 Å². The van der Waals surface area contributed by atoms with E-state index in [2.05, 4.69) is 0 Å². The summed E-state index contributed by atoms with van der Waals surface area (Å²) in [6, 6.07) is 12.0. The van der Waals surface area contributed by atoms with Gasteiger partial charge in [0, 0.05) is 11.7 Å². The normalized spacial score (nSPS) is 17.2. The van der Waals surface area contributed by atoms with Gasteiger partial charge in [-0.1, -0.05) is 30.3 Å². The van der Waals surface area contributed by atoms with Crippen LogP contribution in [0.2, 0.25) is 0 Å². The maximum atomic E-state index is 13.5. The lowest BCUT2D eigenvalue weighted by Crippen LogP contribution is -2.44. The molecular weight excluding hydrogens is 307 g/mol. The molecule has 1 heterocycles. The van der Waals surface area contributed by atoms with Gasteiger partial charge in [0.25, 0.3) is 0 Å². The van der Waals surface area contributed by atoms with Crippen LogP contribution >= 0.6 is 0 Å². The summed E-state index contributed by atoms with van der Waals surface area (Å²) < 4.78 is 40.4. The number of nitrogens with zero attached hydrogens (tertiary/aromatic N) is 1. The molecule has 0 aromatic heterocycles. The van der Waals surface area contributed by atoms with Crippen molar-refractivity contribution in [1.29, 1.82) is 0 Å². The molecule has 120 valence electrons.